The Bertz CT molecular complexity index is 530. The molecule has 3 rings (SSSR count). The molecule has 0 aromatic heterocycles. The van der Waals surface area contributed by atoms with Crippen LogP contribution in [0.3, 0.4) is 0 Å². The van der Waals surface area contributed by atoms with E-state index in [0.29, 0.717) is 32.4 Å². The van der Waals surface area contributed by atoms with E-state index in [0.717, 1.165) is 12.8 Å². The van der Waals surface area contributed by atoms with Crippen molar-refractivity contribution in [3.05, 3.63) is 35.4 Å². The first kappa shape index (κ1) is 14.1. The molecule has 4 heteroatoms. The topological polar surface area (TPSA) is 57.6 Å². The quantitative estimate of drug-likeness (QED) is 0.851. The molecule has 1 saturated carbocycles. The van der Waals surface area contributed by atoms with Crippen LogP contribution in [-0.4, -0.2) is 21.9 Å². The van der Waals surface area contributed by atoms with Crippen molar-refractivity contribution in [2.24, 2.45) is 11.8 Å². The van der Waals surface area contributed by atoms with Crippen LogP contribution in [0.5, 0.6) is 0 Å². The van der Waals surface area contributed by atoms with Crippen molar-refractivity contribution in [1.82, 2.24) is 4.90 Å². The minimum Gasteiger partial charge on any atom is -0.481 e. The Morgan fingerprint density at radius 1 is 0.952 bits per heavy atom. The van der Waals surface area contributed by atoms with Gasteiger partial charge in [0.25, 0.3) is 0 Å². The molecule has 1 aromatic carbocycles. The van der Waals surface area contributed by atoms with Gasteiger partial charge in [-0.25, -0.2) is 0 Å². The second-order valence-corrected chi connectivity index (χ2v) is 6.20. The van der Waals surface area contributed by atoms with Crippen LogP contribution in [0.2, 0.25) is 0 Å². The van der Waals surface area contributed by atoms with E-state index in [1.807, 2.05) is 17.0 Å². The molecule has 0 bridgehead atoms. The van der Waals surface area contributed by atoms with E-state index in [4.69, 9.17) is 5.11 Å². The zero-order valence-electron chi connectivity index (χ0n) is 12.1. The van der Waals surface area contributed by atoms with Crippen molar-refractivity contribution in [2.75, 3.05) is 0 Å². The number of hydrogen-bond acceptors (Lipinski definition) is 2. The average Bonchev–Trinajstić information content (AvgIpc) is 2.75. The smallest absolute Gasteiger partial charge is 0.306 e. The van der Waals surface area contributed by atoms with Crippen molar-refractivity contribution in [2.45, 2.75) is 45.2 Å². The lowest BCUT2D eigenvalue weighted by Crippen LogP contribution is -2.32. The van der Waals surface area contributed by atoms with E-state index in [-0.39, 0.29) is 17.7 Å². The Hall–Kier alpha value is -1.84. The maximum absolute atomic E-state index is 12.7. The van der Waals surface area contributed by atoms with Gasteiger partial charge in [0.1, 0.15) is 0 Å². The molecule has 1 aliphatic heterocycles. The number of aliphatic carboxylic acids is 1. The van der Waals surface area contributed by atoms with Gasteiger partial charge in [-0.1, -0.05) is 30.7 Å². The molecular weight excluding hydrogens is 266 g/mol. The van der Waals surface area contributed by atoms with Gasteiger partial charge in [0.05, 0.1) is 5.92 Å². The molecule has 4 nitrogen and oxygen atoms in total. The highest BCUT2D eigenvalue weighted by atomic mass is 16.4. The second kappa shape index (κ2) is 5.88. The lowest BCUT2D eigenvalue weighted by atomic mass is 9.97. The summed E-state index contributed by atoms with van der Waals surface area (Å²) < 4.78 is 0. The number of carboxylic acids is 1. The molecule has 2 aliphatic rings. The zero-order valence-corrected chi connectivity index (χ0v) is 12.1. The monoisotopic (exact) mass is 287 g/mol. The molecule has 2 unspecified atom stereocenters. The highest BCUT2D eigenvalue weighted by Gasteiger charge is 2.32. The molecule has 1 N–H and O–H groups in total. The van der Waals surface area contributed by atoms with Crippen molar-refractivity contribution in [3.63, 3.8) is 0 Å². The number of carbonyl (C=O) groups excluding carboxylic acids is 1. The summed E-state index contributed by atoms with van der Waals surface area (Å²) in [5.41, 5.74) is 2.48. The summed E-state index contributed by atoms with van der Waals surface area (Å²) in [4.78, 5) is 25.7. The molecule has 2 atom stereocenters. The third kappa shape index (κ3) is 2.94. The zero-order chi connectivity index (χ0) is 14.8. The maximum atomic E-state index is 12.7. The lowest BCUT2D eigenvalue weighted by molar-refractivity contribution is -0.142. The minimum atomic E-state index is -0.711. The fraction of sp³-hybridized carbons (Fsp3) is 0.529. The van der Waals surface area contributed by atoms with Crippen LogP contribution < -0.4 is 0 Å². The fourth-order valence-electron chi connectivity index (χ4n) is 3.54. The average molecular weight is 287 g/mol. The summed E-state index contributed by atoms with van der Waals surface area (Å²) in [6, 6.07) is 8.18. The van der Waals surface area contributed by atoms with Crippen molar-refractivity contribution < 1.29 is 14.7 Å². The van der Waals surface area contributed by atoms with Gasteiger partial charge in [-0.2, -0.15) is 0 Å². The van der Waals surface area contributed by atoms with E-state index in [1.165, 1.54) is 11.1 Å². The highest BCUT2D eigenvalue weighted by molar-refractivity contribution is 5.79. The standard InChI is InChI=1S/C17H21NO3/c19-16(12-6-3-7-13(9-8-12)17(20)21)18-10-14-4-1-2-5-15(14)11-18/h1-2,4-5,12-13H,3,6-11H2,(H,20,21). The highest BCUT2D eigenvalue weighted by Crippen LogP contribution is 2.31. The summed E-state index contributed by atoms with van der Waals surface area (Å²) in [5, 5.41) is 9.12. The number of amides is 1. The molecule has 0 radical (unpaired) electrons. The molecule has 0 spiro atoms. The number of hydrogen-bond donors (Lipinski definition) is 1. The van der Waals surface area contributed by atoms with Crippen LogP contribution >= 0.6 is 0 Å². The van der Waals surface area contributed by atoms with E-state index >= 15 is 0 Å². The first-order valence-corrected chi connectivity index (χ1v) is 7.73. The summed E-state index contributed by atoms with van der Waals surface area (Å²) in [5.74, 6) is -0.767. The molecule has 21 heavy (non-hydrogen) atoms. The molecular formula is C17H21NO3. The van der Waals surface area contributed by atoms with E-state index in [9.17, 15) is 9.59 Å². The number of nitrogens with zero attached hydrogens (tertiary/aromatic N) is 1. The Balaban J connectivity index is 1.63. The van der Waals surface area contributed by atoms with Crippen LogP contribution in [0.4, 0.5) is 0 Å². The van der Waals surface area contributed by atoms with E-state index in [1.54, 1.807) is 0 Å². The molecule has 1 amide bonds. The van der Waals surface area contributed by atoms with Crippen LogP contribution in [0.15, 0.2) is 24.3 Å². The first-order chi connectivity index (χ1) is 10.1. The molecule has 1 aromatic rings. The minimum absolute atomic E-state index is 0.00339. The SMILES string of the molecule is O=C(O)C1CCCC(C(=O)N2Cc3ccccc3C2)CC1. The molecule has 0 saturated heterocycles. The van der Waals surface area contributed by atoms with E-state index in [2.05, 4.69) is 12.1 Å². The van der Waals surface area contributed by atoms with Crippen molar-refractivity contribution in [1.29, 1.82) is 0 Å². The molecule has 112 valence electrons. The third-order valence-electron chi connectivity index (χ3n) is 4.82. The van der Waals surface area contributed by atoms with Crippen LogP contribution in [0.1, 0.15) is 43.2 Å². The largest absolute Gasteiger partial charge is 0.481 e. The number of rotatable bonds is 2. The van der Waals surface area contributed by atoms with E-state index < -0.39 is 5.97 Å². The normalized spacial score (nSPS) is 25.2. The predicted molar refractivity (Wildman–Crippen MR) is 78.4 cm³/mol. The van der Waals surface area contributed by atoms with Gasteiger partial charge < -0.3 is 10.0 Å². The summed E-state index contributed by atoms with van der Waals surface area (Å²) in [6.45, 7) is 1.40. The van der Waals surface area contributed by atoms with Crippen LogP contribution in [-0.2, 0) is 22.7 Å². The van der Waals surface area contributed by atoms with Crippen LogP contribution in [0, 0.1) is 11.8 Å². The second-order valence-electron chi connectivity index (χ2n) is 6.20. The molecule has 1 heterocycles. The number of benzene rings is 1. The van der Waals surface area contributed by atoms with Gasteiger partial charge >= 0.3 is 5.97 Å². The predicted octanol–water partition coefficient (Wildman–Crippen LogP) is 2.81. The van der Waals surface area contributed by atoms with Crippen LogP contribution in [0.25, 0.3) is 0 Å². The van der Waals surface area contributed by atoms with Gasteiger partial charge in [0.2, 0.25) is 5.91 Å². The summed E-state index contributed by atoms with van der Waals surface area (Å²) in [7, 11) is 0. The lowest BCUT2D eigenvalue weighted by Gasteiger charge is -2.22. The van der Waals surface area contributed by atoms with Gasteiger partial charge in [-0.3, -0.25) is 9.59 Å². The Kier molecular flexibility index (Phi) is 3.95. The maximum Gasteiger partial charge on any atom is 0.306 e. The first-order valence-electron chi connectivity index (χ1n) is 7.73. The fourth-order valence-corrected chi connectivity index (χ4v) is 3.54. The number of fused-ring (bicyclic) bond motifs is 1. The van der Waals surface area contributed by atoms with Crippen molar-refractivity contribution in [3.8, 4) is 0 Å². The van der Waals surface area contributed by atoms with Gasteiger partial charge in [0, 0.05) is 19.0 Å². The van der Waals surface area contributed by atoms with Gasteiger partial charge in [-0.05, 0) is 36.8 Å². The summed E-state index contributed by atoms with van der Waals surface area (Å²) >= 11 is 0. The number of carboxylic acid groups (broad SMARTS) is 1. The van der Waals surface area contributed by atoms with Gasteiger partial charge in [0.15, 0.2) is 0 Å². The van der Waals surface area contributed by atoms with Crippen molar-refractivity contribution >= 4 is 11.9 Å². The molecule has 1 aliphatic carbocycles. The Morgan fingerprint density at radius 2 is 1.52 bits per heavy atom. The van der Waals surface area contributed by atoms with Gasteiger partial charge in [-0.15, -0.1) is 0 Å². The Labute approximate surface area is 124 Å². The summed E-state index contributed by atoms with van der Waals surface area (Å²) in [6.07, 6.45) is 3.72. The third-order valence-corrected chi connectivity index (χ3v) is 4.82. The molecule has 1 fully saturated rings. The number of carbonyl (C=O) groups is 2. The Morgan fingerprint density at radius 3 is 2.14 bits per heavy atom.